The summed E-state index contributed by atoms with van der Waals surface area (Å²) < 4.78 is 7.83. The molecule has 0 aliphatic carbocycles. The molecule has 2 saturated heterocycles. The van der Waals surface area contributed by atoms with Crippen molar-refractivity contribution in [1.82, 2.24) is 25.1 Å². The molecule has 19 heavy (non-hydrogen) atoms. The zero-order chi connectivity index (χ0) is 13.1. The van der Waals surface area contributed by atoms with Gasteiger partial charge in [0.05, 0.1) is 6.61 Å². The summed E-state index contributed by atoms with van der Waals surface area (Å²) in [6.07, 6.45) is 4.56. The number of rotatable bonds is 5. The first-order valence-corrected chi connectivity index (χ1v) is 7.20. The van der Waals surface area contributed by atoms with Gasteiger partial charge in [0.2, 0.25) is 0 Å². The number of tetrazole rings is 1. The van der Waals surface area contributed by atoms with Crippen LogP contribution < -0.4 is 5.73 Å². The number of hydrogen-bond acceptors (Lipinski definition) is 6. The van der Waals surface area contributed by atoms with Gasteiger partial charge in [0.1, 0.15) is 6.10 Å². The van der Waals surface area contributed by atoms with Crippen LogP contribution in [0, 0.1) is 0 Å². The Hall–Kier alpha value is -1.05. The van der Waals surface area contributed by atoms with Crippen LogP contribution in [0.4, 0.5) is 0 Å². The van der Waals surface area contributed by atoms with Crippen molar-refractivity contribution >= 4 is 0 Å². The zero-order valence-corrected chi connectivity index (χ0v) is 11.2. The predicted octanol–water partition coefficient (Wildman–Crippen LogP) is -0.0523. The minimum Gasteiger partial charge on any atom is -0.367 e. The maximum Gasteiger partial charge on any atom is 0.181 e. The van der Waals surface area contributed by atoms with Crippen LogP contribution in [0.15, 0.2) is 0 Å². The first-order chi connectivity index (χ1) is 9.38. The summed E-state index contributed by atoms with van der Waals surface area (Å²) in [6, 6.07) is 0.609. The van der Waals surface area contributed by atoms with E-state index in [4.69, 9.17) is 10.5 Å². The van der Waals surface area contributed by atoms with Gasteiger partial charge in [-0.1, -0.05) is 0 Å². The Morgan fingerprint density at radius 1 is 1.37 bits per heavy atom. The summed E-state index contributed by atoms with van der Waals surface area (Å²) in [5, 5.41) is 12.0. The first kappa shape index (κ1) is 13.0. The van der Waals surface area contributed by atoms with E-state index in [2.05, 4.69) is 20.4 Å². The summed E-state index contributed by atoms with van der Waals surface area (Å²) in [7, 11) is 0. The molecule has 2 unspecified atom stereocenters. The fraction of sp³-hybridized carbons (Fsp3) is 0.917. The Kier molecular flexibility index (Phi) is 4.05. The monoisotopic (exact) mass is 266 g/mol. The Morgan fingerprint density at radius 3 is 3.21 bits per heavy atom. The molecule has 1 aromatic rings. The van der Waals surface area contributed by atoms with Crippen LogP contribution >= 0.6 is 0 Å². The average Bonchev–Trinajstić information content (AvgIpc) is 3.06. The van der Waals surface area contributed by atoms with Gasteiger partial charge in [0.25, 0.3) is 0 Å². The van der Waals surface area contributed by atoms with Gasteiger partial charge >= 0.3 is 0 Å². The van der Waals surface area contributed by atoms with Crippen molar-refractivity contribution in [2.45, 2.75) is 44.4 Å². The molecule has 0 saturated carbocycles. The van der Waals surface area contributed by atoms with Crippen LogP contribution in [-0.4, -0.2) is 57.4 Å². The number of nitrogens with zero attached hydrogens (tertiary/aromatic N) is 5. The van der Waals surface area contributed by atoms with Crippen LogP contribution in [0.1, 0.15) is 37.6 Å². The molecule has 0 bridgehead atoms. The van der Waals surface area contributed by atoms with Gasteiger partial charge in [0.15, 0.2) is 5.82 Å². The Morgan fingerprint density at radius 2 is 2.32 bits per heavy atom. The number of aromatic nitrogens is 4. The molecule has 1 aromatic heterocycles. The van der Waals surface area contributed by atoms with E-state index in [1.165, 1.54) is 19.4 Å². The molecule has 2 fully saturated rings. The first-order valence-electron chi connectivity index (χ1n) is 7.20. The second-order valence-electron chi connectivity index (χ2n) is 5.37. The molecule has 0 spiro atoms. The smallest absolute Gasteiger partial charge is 0.181 e. The summed E-state index contributed by atoms with van der Waals surface area (Å²) in [4.78, 5) is 2.51. The minimum absolute atomic E-state index is 0.0160. The molecule has 2 aliphatic heterocycles. The van der Waals surface area contributed by atoms with E-state index in [9.17, 15) is 0 Å². The summed E-state index contributed by atoms with van der Waals surface area (Å²) in [5.41, 5.74) is 5.51. The molecule has 0 radical (unpaired) electrons. The molecule has 0 aromatic carbocycles. The van der Waals surface area contributed by atoms with E-state index < -0.39 is 0 Å². The largest absolute Gasteiger partial charge is 0.367 e. The molecule has 3 rings (SSSR count). The lowest BCUT2D eigenvalue weighted by atomic mass is 10.2. The van der Waals surface area contributed by atoms with Crippen LogP contribution in [-0.2, 0) is 11.3 Å². The van der Waals surface area contributed by atoms with Gasteiger partial charge in [-0.3, -0.25) is 4.90 Å². The number of ether oxygens (including phenoxy) is 1. The Balaban J connectivity index is 1.63. The van der Waals surface area contributed by atoms with Crippen LogP contribution in [0.3, 0.4) is 0 Å². The second kappa shape index (κ2) is 5.94. The average molecular weight is 266 g/mol. The van der Waals surface area contributed by atoms with Crippen molar-refractivity contribution in [2.75, 3.05) is 26.2 Å². The lowest BCUT2D eigenvalue weighted by Gasteiger charge is -2.34. The van der Waals surface area contributed by atoms with Crippen molar-refractivity contribution in [3.05, 3.63) is 5.82 Å². The van der Waals surface area contributed by atoms with Gasteiger partial charge in [-0.2, -0.15) is 0 Å². The third-order valence-electron chi connectivity index (χ3n) is 4.06. The molecule has 2 N–H and O–H groups in total. The predicted molar refractivity (Wildman–Crippen MR) is 69.4 cm³/mol. The van der Waals surface area contributed by atoms with Crippen molar-refractivity contribution in [2.24, 2.45) is 5.73 Å². The maximum atomic E-state index is 5.95. The molecule has 106 valence electrons. The molecule has 7 heteroatoms. The Bertz CT molecular complexity index is 409. The molecular weight excluding hydrogens is 244 g/mol. The molecule has 0 amide bonds. The van der Waals surface area contributed by atoms with Gasteiger partial charge in [-0.15, -0.1) is 5.10 Å². The third-order valence-corrected chi connectivity index (χ3v) is 4.06. The van der Waals surface area contributed by atoms with Crippen LogP contribution in [0.2, 0.25) is 0 Å². The highest BCUT2D eigenvalue weighted by Crippen LogP contribution is 2.28. The quantitative estimate of drug-likeness (QED) is 0.752. The maximum absolute atomic E-state index is 5.95. The van der Waals surface area contributed by atoms with E-state index in [1.807, 2.05) is 4.68 Å². The van der Waals surface area contributed by atoms with Crippen LogP contribution in [0.25, 0.3) is 0 Å². The van der Waals surface area contributed by atoms with E-state index in [1.54, 1.807) is 0 Å². The van der Waals surface area contributed by atoms with E-state index >= 15 is 0 Å². The molecule has 2 atom stereocenters. The van der Waals surface area contributed by atoms with E-state index in [0.29, 0.717) is 12.6 Å². The summed E-state index contributed by atoms with van der Waals surface area (Å²) in [5.74, 6) is 0.863. The highest BCUT2D eigenvalue weighted by Gasteiger charge is 2.35. The normalized spacial score (nSPS) is 27.6. The van der Waals surface area contributed by atoms with Gasteiger partial charge in [-0.05, 0) is 49.2 Å². The number of morpholine rings is 1. The number of fused-ring (bicyclic) bond motifs is 1. The highest BCUT2D eigenvalue weighted by molar-refractivity contribution is 4.95. The molecule has 3 heterocycles. The second-order valence-corrected chi connectivity index (χ2v) is 5.37. The minimum atomic E-state index is 0.0160. The fourth-order valence-corrected chi connectivity index (χ4v) is 2.98. The van der Waals surface area contributed by atoms with Crippen molar-refractivity contribution in [3.8, 4) is 0 Å². The number of aryl methyl sites for hydroxylation is 1. The van der Waals surface area contributed by atoms with E-state index in [-0.39, 0.29) is 6.10 Å². The van der Waals surface area contributed by atoms with Crippen LogP contribution in [0.5, 0.6) is 0 Å². The van der Waals surface area contributed by atoms with Crippen molar-refractivity contribution in [1.29, 1.82) is 0 Å². The van der Waals surface area contributed by atoms with E-state index in [0.717, 1.165) is 38.4 Å². The topological polar surface area (TPSA) is 82.1 Å². The molecular formula is C12H22N6O. The number of nitrogens with two attached hydrogens (primary N) is 1. The fourth-order valence-electron chi connectivity index (χ4n) is 2.98. The van der Waals surface area contributed by atoms with Gasteiger partial charge in [0, 0.05) is 19.1 Å². The Labute approximate surface area is 113 Å². The van der Waals surface area contributed by atoms with Gasteiger partial charge < -0.3 is 10.5 Å². The summed E-state index contributed by atoms with van der Waals surface area (Å²) in [6.45, 7) is 4.44. The highest BCUT2D eigenvalue weighted by atomic mass is 16.5. The van der Waals surface area contributed by atoms with Crippen molar-refractivity contribution in [3.63, 3.8) is 0 Å². The third kappa shape index (κ3) is 2.77. The molecule has 7 nitrogen and oxygen atoms in total. The number of hydrogen-bond donors (Lipinski definition) is 1. The SMILES string of the molecule is NCCCCn1nnnc1C1CN2CCCC2CO1. The number of unbranched alkanes of at least 4 members (excludes halogenated alkanes) is 1. The standard InChI is InChI=1S/C12H22N6O/c13-5-1-2-7-18-12(14-15-16-18)11-8-17-6-3-4-10(17)9-19-11/h10-11H,1-9,13H2. The lowest BCUT2D eigenvalue weighted by Crippen LogP contribution is -2.43. The summed E-state index contributed by atoms with van der Waals surface area (Å²) >= 11 is 0. The lowest BCUT2D eigenvalue weighted by molar-refractivity contribution is -0.0560. The van der Waals surface area contributed by atoms with Gasteiger partial charge in [-0.25, -0.2) is 4.68 Å². The zero-order valence-electron chi connectivity index (χ0n) is 11.2. The molecule has 2 aliphatic rings. The van der Waals surface area contributed by atoms with Crippen molar-refractivity contribution < 1.29 is 4.74 Å².